The van der Waals surface area contributed by atoms with Crippen LogP contribution >= 0.6 is 0 Å². The molecule has 4 rings (SSSR count). The molecule has 0 radical (unpaired) electrons. The van der Waals surface area contributed by atoms with Gasteiger partial charge in [-0.15, -0.1) is 0 Å². The summed E-state index contributed by atoms with van der Waals surface area (Å²) in [6.07, 6.45) is 2.59. The summed E-state index contributed by atoms with van der Waals surface area (Å²) < 4.78 is 26.9. The Labute approximate surface area is 163 Å². The highest BCUT2D eigenvalue weighted by atomic mass is 19.1. The predicted octanol–water partition coefficient (Wildman–Crippen LogP) is 2.95. The van der Waals surface area contributed by atoms with Crippen molar-refractivity contribution in [1.82, 2.24) is 19.6 Å². The highest BCUT2D eigenvalue weighted by Gasteiger charge is 2.21. The Hall–Kier alpha value is -2.64. The summed E-state index contributed by atoms with van der Waals surface area (Å²) in [5, 5.41) is 3.42. The summed E-state index contributed by atoms with van der Waals surface area (Å²) in [6.45, 7) is 4.58. The van der Waals surface area contributed by atoms with Crippen LogP contribution in [0.2, 0.25) is 0 Å². The molecular weight excluding hydrogens is 359 g/mol. The Morgan fingerprint density at radius 3 is 2.82 bits per heavy atom. The lowest BCUT2D eigenvalue weighted by Gasteiger charge is -2.20. The smallest absolute Gasteiger partial charge is 0.139 e. The third-order valence-corrected chi connectivity index (χ3v) is 5.15. The predicted molar refractivity (Wildman–Crippen MR) is 106 cm³/mol. The lowest BCUT2D eigenvalue weighted by molar-refractivity contribution is 0.280. The number of nitrogens with zero attached hydrogens (tertiary/aromatic N) is 3. The number of rotatable bonds is 5. The van der Waals surface area contributed by atoms with Crippen molar-refractivity contribution < 1.29 is 13.9 Å². The lowest BCUT2D eigenvalue weighted by atomic mass is 10.1. The first-order valence-electron chi connectivity index (χ1n) is 9.51. The second-order valence-corrected chi connectivity index (χ2v) is 6.93. The largest absolute Gasteiger partial charge is 0.497 e. The van der Waals surface area contributed by atoms with E-state index in [1.54, 1.807) is 20.3 Å². The van der Waals surface area contributed by atoms with Gasteiger partial charge in [0.2, 0.25) is 0 Å². The minimum atomic E-state index is -0.284. The lowest BCUT2D eigenvalue weighted by Crippen LogP contribution is -2.28. The molecular formula is C21H25FN4O2. The molecule has 0 amide bonds. The van der Waals surface area contributed by atoms with Crippen molar-refractivity contribution in [3.63, 3.8) is 0 Å². The van der Waals surface area contributed by atoms with E-state index >= 15 is 0 Å². The zero-order chi connectivity index (χ0) is 19.5. The molecule has 3 aromatic rings. The fraction of sp³-hybridized carbons (Fsp3) is 0.381. The third kappa shape index (κ3) is 3.68. The number of hydrogen-bond acceptors (Lipinski definition) is 5. The first-order chi connectivity index (χ1) is 13.7. The Morgan fingerprint density at radius 1 is 1.11 bits per heavy atom. The third-order valence-electron chi connectivity index (χ3n) is 5.15. The zero-order valence-corrected chi connectivity index (χ0v) is 16.2. The molecule has 0 bridgehead atoms. The van der Waals surface area contributed by atoms with Crippen LogP contribution in [0.5, 0.6) is 11.5 Å². The maximum atomic E-state index is 14.0. The molecule has 3 heterocycles. The van der Waals surface area contributed by atoms with E-state index in [2.05, 4.69) is 10.2 Å². The first kappa shape index (κ1) is 18.7. The van der Waals surface area contributed by atoms with Gasteiger partial charge in [0, 0.05) is 31.4 Å². The van der Waals surface area contributed by atoms with Crippen LogP contribution in [0.1, 0.15) is 12.1 Å². The normalized spacial score (nSPS) is 15.5. The number of methoxy groups -OCH3 is 2. The fourth-order valence-electron chi connectivity index (χ4n) is 3.70. The Balaban J connectivity index is 1.86. The van der Waals surface area contributed by atoms with Gasteiger partial charge in [0.1, 0.15) is 23.0 Å². The van der Waals surface area contributed by atoms with Gasteiger partial charge in [0.15, 0.2) is 0 Å². The number of pyridine rings is 1. The Morgan fingerprint density at radius 2 is 2.00 bits per heavy atom. The van der Waals surface area contributed by atoms with Crippen molar-refractivity contribution in [2.75, 3.05) is 40.4 Å². The maximum absolute atomic E-state index is 14.0. The van der Waals surface area contributed by atoms with Gasteiger partial charge >= 0.3 is 0 Å². The Kier molecular flexibility index (Phi) is 5.45. The number of imidazole rings is 1. The van der Waals surface area contributed by atoms with Crippen LogP contribution in [-0.4, -0.2) is 54.7 Å². The summed E-state index contributed by atoms with van der Waals surface area (Å²) in [5.41, 5.74) is 3.29. The van der Waals surface area contributed by atoms with Crippen LogP contribution in [0.4, 0.5) is 4.39 Å². The molecule has 1 N–H and O–H groups in total. The van der Waals surface area contributed by atoms with E-state index in [0.29, 0.717) is 17.9 Å². The van der Waals surface area contributed by atoms with E-state index < -0.39 is 0 Å². The summed E-state index contributed by atoms with van der Waals surface area (Å²) >= 11 is 0. The van der Waals surface area contributed by atoms with Crippen LogP contribution in [0.25, 0.3) is 16.9 Å². The van der Waals surface area contributed by atoms with E-state index in [-0.39, 0.29) is 5.82 Å². The number of halogens is 1. The molecule has 1 aliphatic heterocycles. The van der Waals surface area contributed by atoms with Crippen molar-refractivity contribution in [3.8, 4) is 22.8 Å². The molecule has 1 aromatic carbocycles. The number of benzene rings is 1. The van der Waals surface area contributed by atoms with E-state index in [1.165, 1.54) is 12.3 Å². The summed E-state index contributed by atoms with van der Waals surface area (Å²) in [6, 6.07) is 8.80. The molecule has 1 aliphatic rings. The second kappa shape index (κ2) is 8.16. The second-order valence-electron chi connectivity index (χ2n) is 6.93. The van der Waals surface area contributed by atoms with Gasteiger partial charge in [0.05, 0.1) is 25.6 Å². The monoisotopic (exact) mass is 384 g/mol. The molecule has 7 heteroatoms. The highest BCUT2D eigenvalue weighted by molar-refractivity contribution is 5.73. The molecule has 0 spiro atoms. The average molecular weight is 384 g/mol. The SMILES string of the molecule is COc1ccc(OC)c(-c2nc3ccc(F)cn3c2CN2CCCNCC2)c1. The molecule has 0 unspecified atom stereocenters. The van der Waals surface area contributed by atoms with Crippen molar-refractivity contribution >= 4 is 5.65 Å². The maximum Gasteiger partial charge on any atom is 0.139 e. The molecule has 2 aromatic heterocycles. The van der Waals surface area contributed by atoms with Gasteiger partial charge in [-0.25, -0.2) is 9.37 Å². The van der Waals surface area contributed by atoms with Gasteiger partial charge in [-0.3, -0.25) is 9.30 Å². The summed E-state index contributed by atoms with van der Waals surface area (Å²) in [5.74, 6) is 1.15. The van der Waals surface area contributed by atoms with Crippen LogP contribution in [0, 0.1) is 5.82 Å². The Bertz CT molecular complexity index is 964. The molecule has 6 nitrogen and oxygen atoms in total. The van der Waals surface area contributed by atoms with Gasteiger partial charge in [-0.05, 0) is 49.8 Å². The minimum Gasteiger partial charge on any atom is -0.497 e. The molecule has 1 saturated heterocycles. The van der Waals surface area contributed by atoms with Gasteiger partial charge < -0.3 is 14.8 Å². The highest BCUT2D eigenvalue weighted by Crippen LogP contribution is 2.36. The van der Waals surface area contributed by atoms with Gasteiger partial charge in [-0.1, -0.05) is 0 Å². The van der Waals surface area contributed by atoms with E-state index in [0.717, 1.165) is 55.3 Å². The number of ether oxygens (including phenoxy) is 2. The summed E-state index contributed by atoms with van der Waals surface area (Å²) in [7, 11) is 3.27. The van der Waals surface area contributed by atoms with Crippen LogP contribution < -0.4 is 14.8 Å². The van der Waals surface area contributed by atoms with Gasteiger partial charge in [-0.2, -0.15) is 0 Å². The first-order valence-corrected chi connectivity index (χ1v) is 9.51. The molecule has 0 aliphatic carbocycles. The van der Waals surface area contributed by atoms with Crippen LogP contribution in [-0.2, 0) is 6.54 Å². The van der Waals surface area contributed by atoms with Crippen molar-refractivity contribution in [2.45, 2.75) is 13.0 Å². The topological polar surface area (TPSA) is 51.0 Å². The molecule has 28 heavy (non-hydrogen) atoms. The molecule has 0 atom stereocenters. The van der Waals surface area contributed by atoms with Crippen molar-refractivity contribution in [1.29, 1.82) is 0 Å². The van der Waals surface area contributed by atoms with Crippen LogP contribution in [0.15, 0.2) is 36.5 Å². The van der Waals surface area contributed by atoms with Gasteiger partial charge in [0.25, 0.3) is 0 Å². The van der Waals surface area contributed by atoms with Crippen LogP contribution in [0.3, 0.4) is 0 Å². The van der Waals surface area contributed by atoms with E-state index in [4.69, 9.17) is 14.5 Å². The summed E-state index contributed by atoms with van der Waals surface area (Å²) in [4.78, 5) is 7.19. The number of nitrogens with one attached hydrogen (secondary N) is 1. The number of fused-ring (bicyclic) bond motifs is 1. The number of aromatic nitrogens is 2. The van der Waals surface area contributed by atoms with E-state index in [1.807, 2.05) is 22.6 Å². The van der Waals surface area contributed by atoms with Crippen molar-refractivity contribution in [2.24, 2.45) is 0 Å². The van der Waals surface area contributed by atoms with E-state index in [9.17, 15) is 4.39 Å². The average Bonchev–Trinajstić information content (AvgIpc) is 2.88. The molecule has 148 valence electrons. The fourth-order valence-corrected chi connectivity index (χ4v) is 3.70. The number of hydrogen-bond donors (Lipinski definition) is 1. The van der Waals surface area contributed by atoms with Crippen molar-refractivity contribution in [3.05, 3.63) is 48.0 Å². The quantitative estimate of drug-likeness (QED) is 0.733. The zero-order valence-electron chi connectivity index (χ0n) is 16.2. The minimum absolute atomic E-state index is 0.284. The molecule has 0 saturated carbocycles. The standard InChI is InChI=1S/C21H25FN4O2/c1-27-16-5-6-19(28-2)17(12-16)21-18(14-25-10-3-8-23-9-11-25)26-13-15(22)4-7-20(26)24-21/h4-7,12-13,23H,3,8-11,14H2,1-2H3. The molecule has 1 fully saturated rings.